The molecule has 140 valence electrons. The smallest absolute Gasteiger partial charge is 0.344 e. The summed E-state index contributed by atoms with van der Waals surface area (Å²) >= 11 is 0. The van der Waals surface area contributed by atoms with E-state index in [4.69, 9.17) is 15.5 Å². The number of carbonyl (C=O) groups excluding carboxylic acids is 1. The predicted octanol–water partition coefficient (Wildman–Crippen LogP) is 2.32. The van der Waals surface area contributed by atoms with Gasteiger partial charge in [0.25, 0.3) is 11.2 Å². The van der Waals surface area contributed by atoms with Crippen molar-refractivity contribution < 1.29 is 14.1 Å². The van der Waals surface area contributed by atoms with Crippen LogP contribution in [0.3, 0.4) is 0 Å². The highest BCUT2D eigenvalue weighted by Gasteiger charge is 2.31. The molecule has 1 aliphatic rings. The summed E-state index contributed by atoms with van der Waals surface area (Å²) in [5, 5.41) is 0.377. The number of anilines is 1. The largest absolute Gasteiger partial charge is 0.462 e. The zero-order valence-corrected chi connectivity index (χ0v) is 15.6. The molecule has 3 heterocycles. The van der Waals surface area contributed by atoms with Crippen LogP contribution in [0.25, 0.3) is 16.7 Å². The highest BCUT2D eigenvalue weighted by atomic mass is 16.5. The monoisotopic (exact) mass is 367 g/mol. The Kier molecular flexibility index (Phi) is 4.30. The maximum absolute atomic E-state index is 13.2. The van der Waals surface area contributed by atoms with Gasteiger partial charge in [-0.05, 0) is 51.7 Å². The molecular weight excluding hydrogens is 344 g/mol. The van der Waals surface area contributed by atoms with E-state index in [1.807, 2.05) is 23.6 Å². The Bertz CT molecular complexity index is 1110. The van der Waals surface area contributed by atoms with Crippen LogP contribution in [0.1, 0.15) is 54.6 Å². The maximum atomic E-state index is 13.2. The fraction of sp³-hybridized carbons (Fsp3) is 0.400. The molecule has 0 saturated heterocycles. The quantitative estimate of drug-likeness (QED) is 0.436. The fourth-order valence-electron chi connectivity index (χ4n) is 3.98. The van der Waals surface area contributed by atoms with Gasteiger partial charge in [0.2, 0.25) is 11.5 Å². The van der Waals surface area contributed by atoms with Crippen molar-refractivity contribution >= 4 is 28.5 Å². The highest BCUT2D eigenvalue weighted by molar-refractivity contribution is 5.96. The van der Waals surface area contributed by atoms with Crippen molar-refractivity contribution in [1.82, 2.24) is 9.38 Å². The molecule has 0 aromatic carbocycles. The van der Waals surface area contributed by atoms with E-state index < -0.39 is 5.97 Å². The van der Waals surface area contributed by atoms with Crippen LogP contribution >= 0.6 is 0 Å². The normalized spacial score (nSPS) is 14.9. The average Bonchev–Trinajstić information content (AvgIpc) is 3.17. The third kappa shape index (κ3) is 2.74. The number of aromatic nitrogens is 3. The Hall–Kier alpha value is -2.96. The number of nitrogen functional groups attached to an aromatic ring is 1. The third-order valence-corrected chi connectivity index (χ3v) is 5.30. The summed E-state index contributed by atoms with van der Waals surface area (Å²) in [6.07, 6.45) is 5.77. The van der Waals surface area contributed by atoms with E-state index in [2.05, 4.69) is 0 Å². The minimum atomic E-state index is -0.516. The zero-order valence-electron chi connectivity index (χ0n) is 15.6. The van der Waals surface area contributed by atoms with E-state index in [1.54, 1.807) is 13.1 Å². The number of nitrogens with zero attached hydrogens (tertiary/aromatic N) is 3. The first-order valence-corrected chi connectivity index (χ1v) is 9.35. The summed E-state index contributed by atoms with van der Waals surface area (Å²) in [6, 6.07) is 5.38. The molecular formula is C20H23N4O3+. The van der Waals surface area contributed by atoms with Crippen molar-refractivity contribution in [3.63, 3.8) is 0 Å². The van der Waals surface area contributed by atoms with Crippen molar-refractivity contribution in [2.24, 2.45) is 0 Å². The first-order valence-electron chi connectivity index (χ1n) is 9.35. The van der Waals surface area contributed by atoms with Crippen molar-refractivity contribution in [2.45, 2.75) is 45.6 Å². The van der Waals surface area contributed by atoms with Crippen LogP contribution in [0.2, 0.25) is 0 Å². The van der Waals surface area contributed by atoms with E-state index in [9.17, 15) is 9.59 Å². The molecule has 0 atom stereocenters. The number of aryl methyl sites for hydroxylation is 1. The molecule has 0 spiro atoms. The molecule has 0 radical (unpaired) electrons. The van der Waals surface area contributed by atoms with Crippen molar-refractivity contribution in [1.29, 1.82) is 0 Å². The second kappa shape index (κ2) is 6.64. The lowest BCUT2D eigenvalue weighted by atomic mass is 10.1. The number of carbonyl (C=O) groups is 1. The topological polar surface area (TPSA) is 90.6 Å². The van der Waals surface area contributed by atoms with Gasteiger partial charge in [-0.25, -0.2) is 9.36 Å². The molecule has 0 unspecified atom stereocenters. The lowest BCUT2D eigenvalue weighted by Crippen LogP contribution is -2.45. The van der Waals surface area contributed by atoms with Crippen LogP contribution in [-0.4, -0.2) is 22.0 Å². The first kappa shape index (κ1) is 17.5. The zero-order chi connectivity index (χ0) is 19.1. The summed E-state index contributed by atoms with van der Waals surface area (Å²) < 4.78 is 8.55. The summed E-state index contributed by atoms with van der Waals surface area (Å²) in [7, 11) is 0. The lowest BCUT2D eigenvalue weighted by molar-refractivity contribution is -0.685. The van der Waals surface area contributed by atoms with Gasteiger partial charge in [0.1, 0.15) is 10.9 Å². The molecule has 7 heteroatoms. The SMILES string of the molecule is CCOC(=O)c1cc2c(=O)n3cccc(C)c3nc2[n+](C2CCCC2)c1N. The number of ether oxygens (including phenoxy) is 1. The second-order valence-corrected chi connectivity index (χ2v) is 7.01. The van der Waals surface area contributed by atoms with E-state index in [0.717, 1.165) is 31.2 Å². The van der Waals surface area contributed by atoms with Gasteiger partial charge in [-0.2, -0.15) is 0 Å². The van der Waals surface area contributed by atoms with Crippen molar-refractivity contribution in [2.75, 3.05) is 12.3 Å². The molecule has 4 rings (SSSR count). The minimum Gasteiger partial charge on any atom is -0.462 e. The summed E-state index contributed by atoms with van der Waals surface area (Å²) in [5.41, 5.74) is 8.46. The Morgan fingerprint density at radius 2 is 2.15 bits per heavy atom. The van der Waals surface area contributed by atoms with Crippen molar-refractivity contribution in [3.8, 4) is 0 Å². The van der Waals surface area contributed by atoms with Crippen LogP contribution < -0.4 is 15.9 Å². The first-order chi connectivity index (χ1) is 13.0. The van der Waals surface area contributed by atoms with Gasteiger partial charge in [-0.15, -0.1) is 0 Å². The van der Waals surface area contributed by atoms with Crippen LogP contribution in [0.5, 0.6) is 0 Å². The predicted molar refractivity (Wildman–Crippen MR) is 102 cm³/mol. The lowest BCUT2D eigenvalue weighted by Gasteiger charge is -2.16. The molecule has 0 aliphatic heterocycles. The van der Waals surface area contributed by atoms with Crippen LogP contribution in [-0.2, 0) is 4.74 Å². The molecule has 27 heavy (non-hydrogen) atoms. The fourth-order valence-corrected chi connectivity index (χ4v) is 3.98. The van der Waals surface area contributed by atoms with Gasteiger partial charge in [0.15, 0.2) is 0 Å². The molecule has 1 aliphatic carbocycles. The number of pyridine rings is 2. The summed E-state index contributed by atoms with van der Waals surface area (Å²) in [5.74, 6) is -0.199. The average molecular weight is 367 g/mol. The number of esters is 1. The van der Waals surface area contributed by atoms with E-state index in [1.165, 1.54) is 10.5 Å². The molecule has 3 aromatic heterocycles. The number of hydrogen-bond donors (Lipinski definition) is 1. The third-order valence-electron chi connectivity index (χ3n) is 5.30. The number of rotatable bonds is 3. The summed E-state index contributed by atoms with van der Waals surface area (Å²) in [4.78, 5) is 30.4. The molecule has 3 aromatic rings. The molecule has 1 fully saturated rings. The van der Waals surface area contributed by atoms with Gasteiger partial charge in [0, 0.05) is 11.8 Å². The van der Waals surface area contributed by atoms with E-state index in [-0.39, 0.29) is 23.8 Å². The Morgan fingerprint density at radius 1 is 1.41 bits per heavy atom. The Labute approximate surface area is 156 Å². The van der Waals surface area contributed by atoms with Gasteiger partial charge in [0.05, 0.1) is 12.6 Å². The van der Waals surface area contributed by atoms with Crippen LogP contribution in [0, 0.1) is 6.92 Å². The van der Waals surface area contributed by atoms with E-state index >= 15 is 0 Å². The van der Waals surface area contributed by atoms with Gasteiger partial charge in [-0.3, -0.25) is 9.20 Å². The van der Waals surface area contributed by atoms with Gasteiger partial charge < -0.3 is 10.5 Å². The number of hydrogen-bond acceptors (Lipinski definition) is 5. The van der Waals surface area contributed by atoms with Crippen LogP contribution in [0.4, 0.5) is 5.82 Å². The molecule has 0 amide bonds. The Balaban J connectivity index is 2.13. The molecule has 2 N–H and O–H groups in total. The highest BCUT2D eigenvalue weighted by Crippen LogP contribution is 2.28. The minimum absolute atomic E-state index is 0.125. The Morgan fingerprint density at radius 3 is 2.85 bits per heavy atom. The van der Waals surface area contributed by atoms with Gasteiger partial charge >= 0.3 is 5.97 Å². The molecule has 7 nitrogen and oxygen atoms in total. The maximum Gasteiger partial charge on any atom is 0.344 e. The van der Waals surface area contributed by atoms with Crippen molar-refractivity contribution in [3.05, 3.63) is 45.9 Å². The number of nitrogens with two attached hydrogens (primary N) is 1. The second-order valence-electron chi connectivity index (χ2n) is 7.01. The standard InChI is InChI=1S/C20H22N4O3/c1-3-27-20(26)14-11-15-18(24(16(14)21)13-8-4-5-9-13)22-17-12(2)7-6-10-23(17)19(15)25/h6-7,10-11,13,21H,3-5,8-9H2,1-2H3/p+1. The van der Waals surface area contributed by atoms with E-state index in [0.29, 0.717) is 22.5 Å². The molecule has 0 bridgehead atoms. The summed E-state index contributed by atoms with van der Waals surface area (Å²) in [6.45, 7) is 3.91. The van der Waals surface area contributed by atoms with Crippen LogP contribution in [0.15, 0.2) is 29.2 Å². The van der Waals surface area contributed by atoms with Gasteiger partial charge in [-0.1, -0.05) is 11.1 Å². The molecule has 1 saturated carbocycles. The number of fused-ring (bicyclic) bond motifs is 2.